The van der Waals surface area contributed by atoms with Crippen LogP contribution in [0.4, 0.5) is 0 Å². The summed E-state index contributed by atoms with van der Waals surface area (Å²) in [5.41, 5.74) is 1.73. The predicted octanol–water partition coefficient (Wildman–Crippen LogP) is 4.28. The lowest BCUT2D eigenvalue weighted by Crippen LogP contribution is -2.18. The molecule has 0 aliphatic heterocycles. The molecule has 1 aliphatic rings. The number of imidazole rings is 1. The van der Waals surface area contributed by atoms with Gasteiger partial charge in [0.25, 0.3) is 0 Å². The summed E-state index contributed by atoms with van der Waals surface area (Å²) in [5, 5.41) is 11.3. The van der Waals surface area contributed by atoms with Crippen LogP contribution in [0.15, 0.2) is 18.5 Å². The van der Waals surface area contributed by atoms with Gasteiger partial charge in [0.05, 0.1) is 40.1 Å². The molecule has 1 saturated carbocycles. The maximum Gasteiger partial charge on any atom is 0.0959 e. The van der Waals surface area contributed by atoms with Gasteiger partial charge in [0.15, 0.2) is 0 Å². The lowest BCUT2D eigenvalue weighted by molar-refractivity contribution is 0.125. The van der Waals surface area contributed by atoms with E-state index >= 15 is 0 Å². The highest BCUT2D eigenvalue weighted by Gasteiger charge is 2.19. The molecule has 1 fully saturated rings. The van der Waals surface area contributed by atoms with E-state index in [0.29, 0.717) is 22.5 Å². The number of rotatable bonds is 4. The van der Waals surface area contributed by atoms with Crippen molar-refractivity contribution in [3.8, 4) is 0 Å². The van der Waals surface area contributed by atoms with E-state index in [0.717, 1.165) is 17.5 Å². The van der Waals surface area contributed by atoms with Gasteiger partial charge >= 0.3 is 0 Å². The fraction of sp³-hybridized carbons (Fsp3) is 0.533. The number of hydrogen-bond donors (Lipinski definition) is 1. The maximum absolute atomic E-state index is 10.3. The van der Waals surface area contributed by atoms with E-state index in [1.54, 1.807) is 12.4 Å². The zero-order chi connectivity index (χ0) is 14.1. The molecule has 108 valence electrons. The van der Waals surface area contributed by atoms with Gasteiger partial charge in [-0.25, -0.2) is 4.98 Å². The Morgan fingerprint density at radius 3 is 2.70 bits per heavy atom. The Bertz CT molecular complexity index is 605. The molecule has 0 bridgehead atoms. The summed E-state index contributed by atoms with van der Waals surface area (Å²) in [7, 11) is 0. The van der Waals surface area contributed by atoms with Crippen LogP contribution in [0.5, 0.6) is 0 Å². The van der Waals surface area contributed by atoms with Crippen molar-refractivity contribution in [2.75, 3.05) is 0 Å². The second-order valence-corrected chi connectivity index (χ2v) is 6.51. The minimum atomic E-state index is -0.329. The lowest BCUT2D eigenvalue weighted by Gasteiger charge is -2.16. The first-order valence-corrected chi connectivity index (χ1v) is 7.87. The highest BCUT2D eigenvalue weighted by atomic mass is 35.5. The quantitative estimate of drug-likeness (QED) is 0.914. The van der Waals surface area contributed by atoms with Gasteiger partial charge in [-0.2, -0.15) is 0 Å². The van der Waals surface area contributed by atoms with Gasteiger partial charge < -0.3 is 9.67 Å². The Morgan fingerprint density at radius 1 is 1.25 bits per heavy atom. The molecule has 5 heteroatoms. The Morgan fingerprint density at radius 2 is 1.95 bits per heavy atom. The normalized spacial score (nSPS) is 17.9. The standard InChI is InChI=1S/C15H18Cl2N2O/c16-12-6-14-15(7-13(12)17)19(9-18-14)8-11(20)5-10-3-1-2-4-10/h6-7,9-11,20H,1-5,8H2. The summed E-state index contributed by atoms with van der Waals surface area (Å²) in [4.78, 5) is 4.31. The topological polar surface area (TPSA) is 38.0 Å². The number of fused-ring (bicyclic) bond motifs is 1. The van der Waals surface area contributed by atoms with Crippen molar-refractivity contribution in [1.29, 1.82) is 0 Å². The van der Waals surface area contributed by atoms with Crippen LogP contribution in [0.25, 0.3) is 11.0 Å². The third-order valence-electron chi connectivity index (χ3n) is 4.15. The molecule has 0 saturated heterocycles. The van der Waals surface area contributed by atoms with E-state index in [9.17, 15) is 5.11 Å². The van der Waals surface area contributed by atoms with Crippen LogP contribution >= 0.6 is 23.2 Å². The van der Waals surface area contributed by atoms with Gasteiger partial charge in [0.1, 0.15) is 0 Å². The van der Waals surface area contributed by atoms with Crippen molar-refractivity contribution in [2.45, 2.75) is 44.8 Å². The highest BCUT2D eigenvalue weighted by Crippen LogP contribution is 2.30. The predicted molar refractivity (Wildman–Crippen MR) is 82.3 cm³/mol. The van der Waals surface area contributed by atoms with Crippen LogP contribution < -0.4 is 0 Å². The summed E-state index contributed by atoms with van der Waals surface area (Å²) < 4.78 is 1.96. The molecule has 0 radical (unpaired) electrons. The molecule has 1 aromatic carbocycles. The number of nitrogens with zero attached hydrogens (tertiary/aromatic N) is 2. The molecular formula is C15H18Cl2N2O. The van der Waals surface area contributed by atoms with Crippen LogP contribution in [0, 0.1) is 5.92 Å². The van der Waals surface area contributed by atoms with Crippen molar-refractivity contribution in [3.05, 3.63) is 28.5 Å². The number of aliphatic hydroxyl groups is 1. The highest BCUT2D eigenvalue weighted by molar-refractivity contribution is 6.42. The smallest absolute Gasteiger partial charge is 0.0959 e. The first kappa shape index (κ1) is 14.2. The first-order valence-electron chi connectivity index (χ1n) is 7.11. The number of benzene rings is 1. The summed E-state index contributed by atoms with van der Waals surface area (Å²) in [6, 6.07) is 3.58. The van der Waals surface area contributed by atoms with Gasteiger partial charge in [0, 0.05) is 0 Å². The molecule has 1 heterocycles. The number of halogens is 2. The number of hydrogen-bond acceptors (Lipinski definition) is 2. The van der Waals surface area contributed by atoms with Crippen molar-refractivity contribution < 1.29 is 5.11 Å². The van der Waals surface area contributed by atoms with E-state index < -0.39 is 0 Å². The molecule has 1 atom stereocenters. The van der Waals surface area contributed by atoms with Crippen LogP contribution in [-0.2, 0) is 6.54 Å². The Labute approximate surface area is 128 Å². The molecule has 2 aromatic rings. The molecule has 1 aliphatic carbocycles. The van der Waals surface area contributed by atoms with Gasteiger partial charge in [-0.3, -0.25) is 0 Å². The monoisotopic (exact) mass is 312 g/mol. The first-order chi connectivity index (χ1) is 9.63. The molecule has 1 N–H and O–H groups in total. The van der Waals surface area contributed by atoms with Crippen molar-refractivity contribution >= 4 is 34.2 Å². The number of aliphatic hydroxyl groups excluding tert-OH is 1. The van der Waals surface area contributed by atoms with Crippen molar-refractivity contribution in [2.24, 2.45) is 5.92 Å². The van der Waals surface area contributed by atoms with E-state index in [4.69, 9.17) is 23.2 Å². The Hall–Kier alpha value is -0.770. The Kier molecular flexibility index (Phi) is 4.20. The van der Waals surface area contributed by atoms with Crippen LogP contribution in [0.1, 0.15) is 32.1 Å². The van der Waals surface area contributed by atoms with E-state index in [-0.39, 0.29) is 6.10 Å². The second-order valence-electron chi connectivity index (χ2n) is 5.69. The SMILES string of the molecule is OC(CC1CCCC1)Cn1cnc2cc(Cl)c(Cl)cc21. The van der Waals surface area contributed by atoms with E-state index in [1.807, 2.05) is 10.6 Å². The number of aromatic nitrogens is 2. The minimum Gasteiger partial charge on any atom is -0.391 e. The van der Waals surface area contributed by atoms with Gasteiger partial charge in [0.2, 0.25) is 0 Å². The van der Waals surface area contributed by atoms with E-state index in [2.05, 4.69) is 4.98 Å². The zero-order valence-corrected chi connectivity index (χ0v) is 12.7. The van der Waals surface area contributed by atoms with E-state index in [1.165, 1.54) is 25.7 Å². The van der Waals surface area contributed by atoms with Gasteiger partial charge in [-0.05, 0) is 24.5 Å². The molecular weight excluding hydrogens is 295 g/mol. The van der Waals surface area contributed by atoms with Crippen LogP contribution in [-0.4, -0.2) is 20.8 Å². The minimum absolute atomic E-state index is 0.329. The third-order valence-corrected chi connectivity index (χ3v) is 4.87. The summed E-state index contributed by atoms with van der Waals surface area (Å²) in [6.07, 6.45) is 7.41. The average molecular weight is 313 g/mol. The molecule has 20 heavy (non-hydrogen) atoms. The van der Waals surface area contributed by atoms with Gasteiger partial charge in [-0.1, -0.05) is 48.9 Å². The molecule has 0 amide bonds. The van der Waals surface area contributed by atoms with Gasteiger partial charge in [-0.15, -0.1) is 0 Å². The summed E-state index contributed by atoms with van der Waals surface area (Å²) >= 11 is 12.0. The Balaban J connectivity index is 1.75. The average Bonchev–Trinajstić information content (AvgIpc) is 3.02. The molecule has 0 spiro atoms. The molecule has 1 unspecified atom stereocenters. The van der Waals surface area contributed by atoms with Crippen LogP contribution in [0.2, 0.25) is 10.0 Å². The largest absolute Gasteiger partial charge is 0.391 e. The molecule has 1 aromatic heterocycles. The fourth-order valence-electron chi connectivity index (χ4n) is 3.13. The lowest BCUT2D eigenvalue weighted by atomic mass is 10.00. The summed E-state index contributed by atoms with van der Waals surface area (Å²) in [6.45, 7) is 0.560. The molecule has 3 nitrogen and oxygen atoms in total. The van der Waals surface area contributed by atoms with Crippen molar-refractivity contribution in [3.63, 3.8) is 0 Å². The zero-order valence-electron chi connectivity index (χ0n) is 11.2. The summed E-state index contributed by atoms with van der Waals surface area (Å²) in [5.74, 6) is 0.679. The van der Waals surface area contributed by atoms with Crippen molar-refractivity contribution in [1.82, 2.24) is 9.55 Å². The maximum atomic E-state index is 10.3. The second kappa shape index (κ2) is 5.92. The molecule has 3 rings (SSSR count). The third kappa shape index (κ3) is 2.95. The fourth-order valence-corrected chi connectivity index (χ4v) is 3.45. The van der Waals surface area contributed by atoms with Crippen LogP contribution in [0.3, 0.4) is 0 Å².